The highest BCUT2D eigenvalue weighted by atomic mass is 19.1. The number of hydrogen-bond acceptors (Lipinski definition) is 2. The van der Waals surface area contributed by atoms with Gasteiger partial charge in [0.2, 0.25) is 0 Å². The van der Waals surface area contributed by atoms with E-state index in [-0.39, 0.29) is 11.4 Å². The molecule has 2 aromatic carbocycles. The molecule has 100 valence electrons. The quantitative estimate of drug-likeness (QED) is 0.829. The van der Waals surface area contributed by atoms with Gasteiger partial charge in [-0.2, -0.15) is 0 Å². The molecule has 0 heterocycles. The number of ether oxygens (including phenoxy) is 1. The van der Waals surface area contributed by atoms with Crippen LogP contribution in [0.2, 0.25) is 0 Å². The number of benzene rings is 2. The lowest BCUT2D eigenvalue weighted by atomic mass is 10.0. The van der Waals surface area contributed by atoms with E-state index in [4.69, 9.17) is 10.5 Å². The molecule has 0 unspecified atom stereocenters. The van der Waals surface area contributed by atoms with Gasteiger partial charge in [0.1, 0.15) is 17.3 Å². The zero-order valence-corrected chi connectivity index (χ0v) is 10.8. The van der Waals surface area contributed by atoms with E-state index in [0.717, 1.165) is 17.7 Å². The molecule has 0 fully saturated rings. The summed E-state index contributed by atoms with van der Waals surface area (Å²) in [6.07, 6.45) is 0. The van der Waals surface area contributed by atoms with Crippen LogP contribution in [0.4, 0.5) is 14.5 Å². The molecule has 0 aliphatic carbocycles. The minimum atomic E-state index is -0.824. The summed E-state index contributed by atoms with van der Waals surface area (Å²) in [6.45, 7) is 4.10. The van der Waals surface area contributed by atoms with Crippen molar-refractivity contribution in [1.82, 2.24) is 0 Å². The van der Waals surface area contributed by atoms with Gasteiger partial charge in [-0.25, -0.2) is 8.78 Å². The first kappa shape index (κ1) is 13.3. The SMILES string of the molecule is CC(C)c1cccc(Oc2cc(F)cc(F)c2N)c1. The molecule has 0 amide bonds. The topological polar surface area (TPSA) is 35.2 Å². The highest BCUT2D eigenvalue weighted by molar-refractivity contribution is 5.55. The van der Waals surface area contributed by atoms with Gasteiger partial charge in [-0.15, -0.1) is 0 Å². The molecule has 19 heavy (non-hydrogen) atoms. The molecule has 2 nitrogen and oxygen atoms in total. The fraction of sp³-hybridized carbons (Fsp3) is 0.200. The van der Waals surface area contributed by atoms with E-state index in [2.05, 4.69) is 13.8 Å². The second-order valence-corrected chi connectivity index (χ2v) is 4.63. The fourth-order valence-electron chi connectivity index (χ4n) is 1.71. The molecule has 0 spiro atoms. The Morgan fingerprint density at radius 2 is 1.84 bits per heavy atom. The Morgan fingerprint density at radius 1 is 1.11 bits per heavy atom. The largest absolute Gasteiger partial charge is 0.455 e. The van der Waals surface area contributed by atoms with E-state index in [1.165, 1.54) is 0 Å². The molecule has 0 atom stereocenters. The monoisotopic (exact) mass is 263 g/mol. The Balaban J connectivity index is 2.33. The van der Waals surface area contributed by atoms with E-state index >= 15 is 0 Å². The van der Waals surface area contributed by atoms with Gasteiger partial charge in [-0.05, 0) is 23.6 Å². The van der Waals surface area contributed by atoms with Crippen LogP contribution in [-0.4, -0.2) is 0 Å². The van der Waals surface area contributed by atoms with Gasteiger partial charge < -0.3 is 10.5 Å². The lowest BCUT2D eigenvalue weighted by molar-refractivity contribution is 0.471. The van der Waals surface area contributed by atoms with Crippen LogP contribution in [0.25, 0.3) is 0 Å². The first-order valence-electron chi connectivity index (χ1n) is 5.99. The molecule has 0 radical (unpaired) electrons. The molecule has 0 aliphatic heterocycles. The van der Waals surface area contributed by atoms with Crippen LogP contribution >= 0.6 is 0 Å². The first-order valence-corrected chi connectivity index (χ1v) is 5.99. The Kier molecular flexibility index (Phi) is 3.69. The predicted molar refractivity (Wildman–Crippen MR) is 71.4 cm³/mol. The highest BCUT2D eigenvalue weighted by Gasteiger charge is 2.11. The van der Waals surface area contributed by atoms with Crippen LogP contribution in [0.1, 0.15) is 25.3 Å². The number of nitrogen functional groups attached to an aromatic ring is 1. The number of rotatable bonds is 3. The fourth-order valence-corrected chi connectivity index (χ4v) is 1.71. The molecule has 0 aliphatic rings. The first-order chi connectivity index (χ1) is 8.97. The van der Waals surface area contributed by atoms with Crippen molar-refractivity contribution in [2.75, 3.05) is 5.73 Å². The van der Waals surface area contributed by atoms with Gasteiger partial charge in [0.05, 0.1) is 0 Å². The highest BCUT2D eigenvalue weighted by Crippen LogP contribution is 2.31. The third kappa shape index (κ3) is 3.02. The van der Waals surface area contributed by atoms with E-state index in [9.17, 15) is 8.78 Å². The molecule has 0 saturated heterocycles. The summed E-state index contributed by atoms with van der Waals surface area (Å²) in [4.78, 5) is 0. The van der Waals surface area contributed by atoms with Crippen LogP contribution < -0.4 is 10.5 Å². The summed E-state index contributed by atoms with van der Waals surface area (Å²) >= 11 is 0. The Morgan fingerprint density at radius 3 is 2.53 bits per heavy atom. The Bertz CT molecular complexity index is 597. The van der Waals surface area contributed by atoms with Gasteiger partial charge in [-0.3, -0.25) is 0 Å². The second kappa shape index (κ2) is 5.26. The van der Waals surface area contributed by atoms with Crippen LogP contribution in [0.15, 0.2) is 36.4 Å². The van der Waals surface area contributed by atoms with Gasteiger partial charge in [0.15, 0.2) is 11.6 Å². The van der Waals surface area contributed by atoms with Crippen molar-refractivity contribution >= 4 is 5.69 Å². The Labute approximate surface area is 110 Å². The smallest absolute Gasteiger partial charge is 0.156 e. The van der Waals surface area contributed by atoms with Crippen LogP contribution in [0.5, 0.6) is 11.5 Å². The molecule has 2 N–H and O–H groups in total. The number of hydrogen-bond donors (Lipinski definition) is 1. The number of anilines is 1. The molecule has 4 heteroatoms. The van der Waals surface area contributed by atoms with Crippen molar-refractivity contribution in [3.63, 3.8) is 0 Å². The average molecular weight is 263 g/mol. The summed E-state index contributed by atoms with van der Waals surface area (Å²) in [5, 5.41) is 0. The van der Waals surface area contributed by atoms with Crippen molar-refractivity contribution in [3.05, 3.63) is 53.6 Å². The molecule has 2 rings (SSSR count). The molecule has 0 bridgehead atoms. The van der Waals surface area contributed by atoms with E-state index in [1.807, 2.05) is 18.2 Å². The maximum Gasteiger partial charge on any atom is 0.156 e. The molecule has 0 saturated carbocycles. The van der Waals surface area contributed by atoms with Crippen LogP contribution in [-0.2, 0) is 0 Å². The molecular weight excluding hydrogens is 248 g/mol. The maximum absolute atomic E-state index is 13.3. The van der Waals surface area contributed by atoms with Crippen molar-refractivity contribution in [2.45, 2.75) is 19.8 Å². The normalized spacial score (nSPS) is 10.8. The van der Waals surface area contributed by atoms with Crippen molar-refractivity contribution in [3.8, 4) is 11.5 Å². The molecule has 2 aromatic rings. The van der Waals surface area contributed by atoms with E-state index < -0.39 is 11.6 Å². The maximum atomic E-state index is 13.3. The number of nitrogens with two attached hydrogens (primary N) is 1. The van der Waals surface area contributed by atoms with Crippen LogP contribution in [0, 0.1) is 11.6 Å². The Hall–Kier alpha value is -2.10. The van der Waals surface area contributed by atoms with Crippen molar-refractivity contribution in [2.24, 2.45) is 0 Å². The van der Waals surface area contributed by atoms with Gasteiger partial charge >= 0.3 is 0 Å². The zero-order chi connectivity index (χ0) is 14.0. The summed E-state index contributed by atoms with van der Waals surface area (Å²) < 4.78 is 31.9. The molecular formula is C15H15F2NO. The van der Waals surface area contributed by atoms with Crippen molar-refractivity contribution in [1.29, 1.82) is 0 Å². The summed E-state index contributed by atoms with van der Waals surface area (Å²) in [7, 11) is 0. The zero-order valence-electron chi connectivity index (χ0n) is 10.8. The summed E-state index contributed by atoms with van der Waals surface area (Å²) in [5.41, 5.74) is 6.41. The lowest BCUT2D eigenvalue weighted by Crippen LogP contribution is -1.97. The van der Waals surface area contributed by atoms with Gasteiger partial charge in [0, 0.05) is 12.1 Å². The summed E-state index contributed by atoms with van der Waals surface area (Å²) in [6, 6.07) is 9.14. The third-order valence-corrected chi connectivity index (χ3v) is 2.81. The number of halogens is 2. The average Bonchev–Trinajstić information content (AvgIpc) is 2.35. The summed E-state index contributed by atoms with van der Waals surface area (Å²) in [5.74, 6) is -0.719. The third-order valence-electron chi connectivity index (χ3n) is 2.81. The second-order valence-electron chi connectivity index (χ2n) is 4.63. The van der Waals surface area contributed by atoms with Gasteiger partial charge in [0.25, 0.3) is 0 Å². The standard InChI is InChI=1S/C15H15F2NO/c1-9(2)10-4-3-5-12(6-10)19-14-8-11(16)7-13(17)15(14)18/h3-9H,18H2,1-2H3. The van der Waals surface area contributed by atoms with Crippen LogP contribution in [0.3, 0.4) is 0 Å². The lowest BCUT2D eigenvalue weighted by Gasteiger charge is -2.11. The van der Waals surface area contributed by atoms with E-state index in [0.29, 0.717) is 11.7 Å². The van der Waals surface area contributed by atoms with Gasteiger partial charge in [-0.1, -0.05) is 26.0 Å². The van der Waals surface area contributed by atoms with E-state index in [1.54, 1.807) is 6.07 Å². The molecule has 0 aromatic heterocycles. The predicted octanol–water partition coefficient (Wildman–Crippen LogP) is 4.46. The van der Waals surface area contributed by atoms with Crippen molar-refractivity contribution < 1.29 is 13.5 Å². The minimum Gasteiger partial charge on any atom is -0.455 e. The minimum absolute atomic E-state index is 0.0154.